The maximum absolute atomic E-state index is 13.4. The second-order valence-electron chi connectivity index (χ2n) is 10.5. The van der Waals surface area contributed by atoms with E-state index in [0.29, 0.717) is 23.6 Å². The molecule has 0 saturated heterocycles. The van der Waals surface area contributed by atoms with E-state index >= 15 is 0 Å². The number of rotatable bonds is 8. The number of nitrogens with zero attached hydrogens (tertiary/aromatic N) is 2. The first kappa shape index (κ1) is 25.2. The lowest BCUT2D eigenvalue weighted by Gasteiger charge is -2.30. The van der Waals surface area contributed by atoms with Gasteiger partial charge < -0.3 is 25.5 Å². The second-order valence-corrected chi connectivity index (χ2v) is 10.5. The molecule has 2 saturated carbocycles. The van der Waals surface area contributed by atoms with Crippen LogP contribution in [0.25, 0.3) is 22.3 Å². The number of fused-ring (bicyclic) bond motifs is 1. The Morgan fingerprint density at radius 3 is 2.46 bits per heavy atom. The average Bonchev–Trinajstić information content (AvgIpc) is 3.63. The molecule has 3 aromatic rings. The van der Waals surface area contributed by atoms with Crippen LogP contribution in [0.15, 0.2) is 24.5 Å². The zero-order chi connectivity index (χ0) is 26.1. The number of aromatic amines is 1. The van der Waals surface area contributed by atoms with Crippen LogP contribution in [-0.2, 0) is 4.79 Å². The van der Waals surface area contributed by atoms with Gasteiger partial charge in [0.25, 0.3) is 5.91 Å². The first-order valence-electron chi connectivity index (χ1n) is 13.2. The lowest BCUT2D eigenvalue weighted by molar-refractivity contribution is -0.129. The first-order valence-corrected chi connectivity index (χ1v) is 13.2. The van der Waals surface area contributed by atoms with Crippen molar-refractivity contribution in [1.29, 1.82) is 0 Å². The number of aliphatic hydroxyl groups is 1. The number of nitrogens with one attached hydrogen (secondary N) is 3. The molecule has 4 N–H and O–H groups in total. The van der Waals surface area contributed by atoms with Crippen LogP contribution in [0.1, 0.15) is 67.1 Å². The molecule has 2 aliphatic rings. The molecule has 2 fully saturated rings. The Morgan fingerprint density at radius 2 is 1.78 bits per heavy atom. The van der Waals surface area contributed by atoms with E-state index in [1.807, 2.05) is 26.0 Å². The van der Waals surface area contributed by atoms with E-state index in [4.69, 9.17) is 4.74 Å². The van der Waals surface area contributed by atoms with Gasteiger partial charge in [-0.15, -0.1) is 0 Å². The number of aromatic nitrogens is 3. The number of amides is 2. The first-order chi connectivity index (χ1) is 17.8. The zero-order valence-electron chi connectivity index (χ0n) is 21.6. The summed E-state index contributed by atoms with van der Waals surface area (Å²) in [4.78, 5) is 37.6. The van der Waals surface area contributed by atoms with E-state index < -0.39 is 6.10 Å². The van der Waals surface area contributed by atoms with E-state index in [9.17, 15) is 14.7 Å². The van der Waals surface area contributed by atoms with Crippen molar-refractivity contribution in [3.63, 3.8) is 0 Å². The van der Waals surface area contributed by atoms with Gasteiger partial charge in [0, 0.05) is 23.3 Å². The summed E-state index contributed by atoms with van der Waals surface area (Å²) >= 11 is 0. The van der Waals surface area contributed by atoms with Crippen LogP contribution < -0.4 is 15.4 Å². The monoisotopic (exact) mass is 505 g/mol. The lowest BCUT2D eigenvalue weighted by atomic mass is 9.90. The molecular weight excluding hydrogens is 470 g/mol. The zero-order valence-corrected chi connectivity index (χ0v) is 21.6. The number of ether oxygens (including phenoxy) is 1. The van der Waals surface area contributed by atoms with Crippen molar-refractivity contribution < 1.29 is 19.4 Å². The molecule has 0 bridgehead atoms. The molecule has 0 radical (unpaired) electrons. The van der Waals surface area contributed by atoms with Crippen LogP contribution in [0.4, 0.5) is 0 Å². The van der Waals surface area contributed by atoms with Crippen molar-refractivity contribution >= 4 is 22.8 Å². The minimum Gasteiger partial charge on any atom is -0.493 e. The van der Waals surface area contributed by atoms with Crippen molar-refractivity contribution in [2.45, 2.75) is 77.5 Å². The van der Waals surface area contributed by atoms with Gasteiger partial charge in [-0.1, -0.05) is 11.6 Å². The van der Waals surface area contributed by atoms with Gasteiger partial charge in [-0.05, 0) is 77.3 Å². The molecule has 2 aromatic heterocycles. The number of aryl methyl sites for hydroxylation is 2. The smallest absolute Gasteiger partial charge is 0.255 e. The van der Waals surface area contributed by atoms with Gasteiger partial charge in [-0.2, -0.15) is 0 Å². The summed E-state index contributed by atoms with van der Waals surface area (Å²) in [6.45, 7) is 6.08. The highest BCUT2D eigenvalue weighted by molar-refractivity contribution is 6.09. The van der Waals surface area contributed by atoms with E-state index in [1.165, 1.54) is 26.1 Å². The van der Waals surface area contributed by atoms with E-state index in [0.717, 1.165) is 59.5 Å². The highest BCUT2D eigenvalue weighted by Crippen LogP contribution is 2.37. The van der Waals surface area contributed by atoms with Crippen LogP contribution in [0.2, 0.25) is 0 Å². The van der Waals surface area contributed by atoms with Crippen LogP contribution >= 0.6 is 0 Å². The number of carbonyl (C=O) groups excluding carboxylic acids is 2. The topological polar surface area (TPSA) is 129 Å². The number of hydrogen-bond acceptors (Lipinski definition) is 6. The molecule has 0 unspecified atom stereocenters. The molecule has 1 aromatic carbocycles. The Labute approximate surface area is 216 Å². The average molecular weight is 506 g/mol. The second kappa shape index (κ2) is 10.5. The van der Waals surface area contributed by atoms with E-state index in [2.05, 4.69) is 31.7 Å². The molecule has 9 heteroatoms. The summed E-state index contributed by atoms with van der Waals surface area (Å²) in [5.41, 5.74) is 5.28. The predicted molar refractivity (Wildman–Crippen MR) is 140 cm³/mol. The van der Waals surface area contributed by atoms with Crippen LogP contribution in [0.3, 0.4) is 0 Å². The number of aliphatic hydroxyl groups excluding tert-OH is 1. The summed E-state index contributed by atoms with van der Waals surface area (Å²) in [7, 11) is 0. The Balaban J connectivity index is 1.35. The molecule has 2 amide bonds. The number of benzene rings is 1. The summed E-state index contributed by atoms with van der Waals surface area (Å²) in [5, 5.41) is 15.5. The number of hydrogen-bond donors (Lipinski definition) is 4. The molecular formula is C28H35N5O4. The summed E-state index contributed by atoms with van der Waals surface area (Å²) in [5.74, 6) is 0.897. The van der Waals surface area contributed by atoms with Crippen molar-refractivity contribution in [1.82, 2.24) is 25.6 Å². The van der Waals surface area contributed by atoms with Gasteiger partial charge in [0.05, 0.1) is 17.7 Å². The van der Waals surface area contributed by atoms with E-state index in [-0.39, 0.29) is 23.9 Å². The van der Waals surface area contributed by atoms with Gasteiger partial charge >= 0.3 is 0 Å². The fourth-order valence-electron chi connectivity index (χ4n) is 5.01. The Bertz CT molecular complexity index is 1310. The maximum Gasteiger partial charge on any atom is 0.255 e. The Kier molecular flexibility index (Phi) is 7.15. The third-order valence-corrected chi connectivity index (χ3v) is 7.35. The molecule has 9 nitrogen and oxygen atoms in total. The van der Waals surface area contributed by atoms with Crippen LogP contribution in [-0.4, -0.2) is 56.7 Å². The minimum absolute atomic E-state index is 0.0112. The number of carbonyl (C=O) groups is 2. The molecule has 1 atom stereocenters. The molecule has 2 aliphatic carbocycles. The number of H-pyrrole nitrogens is 1. The predicted octanol–water partition coefficient (Wildman–Crippen LogP) is 3.57. The molecule has 196 valence electrons. The SMILES string of the molecule is Cc1ccc(OCC2CC2)c(-c2ncnc3c(C(=O)NC4CCC(NC(=O)[C@H](C)O)CC4)c(C)[nH]c23)c1. The van der Waals surface area contributed by atoms with Gasteiger partial charge in [0.15, 0.2) is 0 Å². The lowest BCUT2D eigenvalue weighted by Crippen LogP contribution is -2.46. The quantitative estimate of drug-likeness (QED) is 0.370. The van der Waals surface area contributed by atoms with Crippen molar-refractivity contribution in [3.05, 3.63) is 41.3 Å². The van der Waals surface area contributed by atoms with Gasteiger partial charge in [0.1, 0.15) is 29.4 Å². The summed E-state index contributed by atoms with van der Waals surface area (Å²) in [6.07, 6.45) is 5.92. The fraction of sp³-hybridized carbons (Fsp3) is 0.500. The Morgan fingerprint density at radius 1 is 1.08 bits per heavy atom. The Hall–Kier alpha value is -3.46. The van der Waals surface area contributed by atoms with Crippen molar-refractivity contribution in [2.75, 3.05) is 6.61 Å². The van der Waals surface area contributed by atoms with Gasteiger partial charge in [0.2, 0.25) is 5.91 Å². The molecule has 0 spiro atoms. The molecule has 37 heavy (non-hydrogen) atoms. The largest absolute Gasteiger partial charge is 0.493 e. The molecule has 0 aliphatic heterocycles. The summed E-state index contributed by atoms with van der Waals surface area (Å²) < 4.78 is 6.16. The van der Waals surface area contributed by atoms with Crippen LogP contribution in [0, 0.1) is 19.8 Å². The third kappa shape index (κ3) is 5.61. The van der Waals surface area contributed by atoms with Crippen molar-refractivity contribution in [2.24, 2.45) is 5.92 Å². The standard InChI is InChI=1S/C28H35N5O4/c1-15-4-11-22(37-13-18-5-6-18)21(12-15)24-26-25(30-14-29-24)23(16(2)31-26)28(36)33-20-9-7-19(8-10-20)32-27(35)17(3)34/h4,11-12,14,17-20,31,34H,5-10,13H2,1-3H3,(H,32,35)(H,33,36)/t17-,19?,20?/m0/s1. The maximum atomic E-state index is 13.4. The van der Waals surface area contributed by atoms with Crippen molar-refractivity contribution in [3.8, 4) is 17.0 Å². The highest BCUT2D eigenvalue weighted by Gasteiger charge is 2.28. The molecule has 5 rings (SSSR count). The van der Waals surface area contributed by atoms with Gasteiger partial charge in [-0.3, -0.25) is 9.59 Å². The van der Waals surface area contributed by atoms with E-state index in [1.54, 1.807) is 0 Å². The minimum atomic E-state index is -1.02. The summed E-state index contributed by atoms with van der Waals surface area (Å²) in [6, 6.07) is 6.12. The normalized spacial score (nSPS) is 20.4. The molecule has 2 heterocycles. The van der Waals surface area contributed by atoms with Crippen LogP contribution in [0.5, 0.6) is 5.75 Å². The van der Waals surface area contributed by atoms with Gasteiger partial charge in [-0.25, -0.2) is 9.97 Å². The third-order valence-electron chi connectivity index (χ3n) is 7.35. The fourth-order valence-corrected chi connectivity index (χ4v) is 5.01. The highest BCUT2D eigenvalue weighted by atomic mass is 16.5.